The first-order chi connectivity index (χ1) is 16.7. The van der Waals surface area contributed by atoms with Gasteiger partial charge in [0.25, 0.3) is 0 Å². The summed E-state index contributed by atoms with van der Waals surface area (Å²) < 4.78 is 6.85. The lowest BCUT2D eigenvalue weighted by atomic mass is 10.1. The highest BCUT2D eigenvalue weighted by atomic mass is 16.6. The zero-order valence-corrected chi connectivity index (χ0v) is 23.0. The van der Waals surface area contributed by atoms with Crippen LogP contribution in [0.1, 0.15) is 123 Å². The molecular formula is C29H49N3O3. The molecule has 0 aromatic carbocycles. The van der Waals surface area contributed by atoms with E-state index in [1.807, 2.05) is 20.8 Å². The number of carbonyl (C=O) groups excluding carboxylic acids is 2. The lowest BCUT2D eigenvalue weighted by molar-refractivity contribution is -0.130. The quantitative estimate of drug-likeness (QED) is 0.174. The standard InChI is InChI=1S/C29H49N3O3/c1-7-9-10-11-12-13-14-15-16-17-18-23-31(22-8-2)27(33)21-19-20-26-24-32(25(3)30-26)28(34)35-29(4,5)6/h2,24H,7,9-23H2,1,3-6H3. The average Bonchev–Trinajstić information content (AvgIpc) is 3.16. The van der Waals surface area contributed by atoms with Crippen LogP contribution in [-0.4, -0.2) is 45.1 Å². The molecule has 1 rings (SSSR count). The van der Waals surface area contributed by atoms with Gasteiger partial charge in [0.1, 0.15) is 11.4 Å². The number of carbonyl (C=O) groups is 2. The maximum Gasteiger partial charge on any atom is 0.419 e. The molecule has 0 unspecified atom stereocenters. The van der Waals surface area contributed by atoms with E-state index in [-0.39, 0.29) is 5.91 Å². The van der Waals surface area contributed by atoms with E-state index in [0.29, 0.717) is 31.6 Å². The lowest BCUT2D eigenvalue weighted by Gasteiger charge is -2.20. The smallest absolute Gasteiger partial charge is 0.419 e. The molecule has 6 heteroatoms. The third-order valence-electron chi connectivity index (χ3n) is 6.01. The molecule has 198 valence electrons. The van der Waals surface area contributed by atoms with E-state index >= 15 is 0 Å². The molecular weight excluding hydrogens is 438 g/mol. The van der Waals surface area contributed by atoms with Crippen molar-refractivity contribution in [1.29, 1.82) is 0 Å². The Labute approximate surface area is 214 Å². The number of unbranched alkanes of at least 4 members (excludes halogenated alkanes) is 10. The summed E-state index contributed by atoms with van der Waals surface area (Å²) in [6.07, 6.45) is 22.6. The van der Waals surface area contributed by atoms with Gasteiger partial charge in [0.15, 0.2) is 0 Å². The molecule has 0 N–H and O–H groups in total. The number of aromatic nitrogens is 2. The van der Waals surface area contributed by atoms with Gasteiger partial charge in [-0.15, -0.1) is 6.42 Å². The Morgan fingerprint density at radius 1 is 1.00 bits per heavy atom. The molecule has 6 nitrogen and oxygen atoms in total. The number of nitrogens with zero attached hydrogens (tertiary/aromatic N) is 3. The zero-order chi connectivity index (χ0) is 26.1. The fourth-order valence-electron chi connectivity index (χ4n) is 4.10. The second-order valence-electron chi connectivity index (χ2n) is 10.5. The van der Waals surface area contributed by atoms with Crippen molar-refractivity contribution in [1.82, 2.24) is 14.5 Å². The van der Waals surface area contributed by atoms with E-state index in [0.717, 1.165) is 25.1 Å². The summed E-state index contributed by atoms with van der Waals surface area (Å²) in [4.78, 5) is 31.3. The third kappa shape index (κ3) is 14.0. The van der Waals surface area contributed by atoms with E-state index in [1.165, 1.54) is 62.4 Å². The Kier molecular flexibility index (Phi) is 15.1. The van der Waals surface area contributed by atoms with Gasteiger partial charge in [-0.2, -0.15) is 0 Å². The molecule has 0 bridgehead atoms. The van der Waals surface area contributed by atoms with Crippen molar-refractivity contribution in [2.75, 3.05) is 13.1 Å². The van der Waals surface area contributed by atoms with Gasteiger partial charge in [-0.3, -0.25) is 4.79 Å². The third-order valence-corrected chi connectivity index (χ3v) is 6.01. The maximum atomic E-state index is 12.7. The van der Waals surface area contributed by atoms with Gasteiger partial charge < -0.3 is 9.64 Å². The summed E-state index contributed by atoms with van der Waals surface area (Å²) in [5.74, 6) is 3.31. The second kappa shape index (κ2) is 17.2. The summed E-state index contributed by atoms with van der Waals surface area (Å²) >= 11 is 0. The molecule has 0 aliphatic heterocycles. The lowest BCUT2D eigenvalue weighted by Crippen LogP contribution is -2.32. The van der Waals surface area contributed by atoms with E-state index in [4.69, 9.17) is 11.2 Å². The number of rotatable bonds is 17. The molecule has 35 heavy (non-hydrogen) atoms. The predicted octanol–water partition coefficient (Wildman–Crippen LogP) is 7.07. The minimum atomic E-state index is -0.561. The van der Waals surface area contributed by atoms with Crippen LogP contribution in [0.3, 0.4) is 0 Å². The summed E-state index contributed by atoms with van der Waals surface area (Å²) in [5, 5.41) is 0. The van der Waals surface area contributed by atoms with Crippen LogP contribution in [0, 0.1) is 19.3 Å². The molecule has 0 spiro atoms. The Morgan fingerprint density at radius 2 is 1.57 bits per heavy atom. The number of aryl methyl sites for hydroxylation is 2. The van der Waals surface area contributed by atoms with Gasteiger partial charge in [-0.1, -0.05) is 77.1 Å². The van der Waals surface area contributed by atoms with Gasteiger partial charge in [-0.05, 0) is 47.0 Å². The van der Waals surface area contributed by atoms with Crippen molar-refractivity contribution in [3.8, 4) is 12.3 Å². The first-order valence-electron chi connectivity index (χ1n) is 13.7. The minimum Gasteiger partial charge on any atom is -0.443 e. The minimum absolute atomic E-state index is 0.0957. The molecule has 1 amide bonds. The van der Waals surface area contributed by atoms with Crippen LogP contribution in [-0.2, 0) is 16.0 Å². The Balaban J connectivity index is 2.29. The molecule has 1 aromatic rings. The van der Waals surface area contributed by atoms with Gasteiger partial charge in [0.05, 0.1) is 12.2 Å². The number of imidazole rings is 1. The largest absolute Gasteiger partial charge is 0.443 e. The van der Waals surface area contributed by atoms with Crippen molar-refractivity contribution in [3.63, 3.8) is 0 Å². The van der Waals surface area contributed by atoms with Gasteiger partial charge in [-0.25, -0.2) is 14.3 Å². The first kappa shape index (κ1) is 30.7. The van der Waals surface area contributed by atoms with Crippen LogP contribution in [0.25, 0.3) is 0 Å². The maximum absolute atomic E-state index is 12.7. The van der Waals surface area contributed by atoms with E-state index in [2.05, 4.69) is 17.8 Å². The van der Waals surface area contributed by atoms with Crippen molar-refractivity contribution in [2.45, 2.75) is 130 Å². The van der Waals surface area contributed by atoms with E-state index < -0.39 is 11.7 Å². The van der Waals surface area contributed by atoms with Crippen molar-refractivity contribution in [3.05, 3.63) is 17.7 Å². The fraction of sp³-hybridized carbons (Fsp3) is 0.759. The summed E-state index contributed by atoms with van der Waals surface area (Å²) in [6.45, 7) is 10.6. The Bertz CT molecular complexity index is 786. The molecule has 0 aliphatic carbocycles. The van der Waals surface area contributed by atoms with Crippen LogP contribution < -0.4 is 0 Å². The summed E-state index contributed by atoms with van der Waals surface area (Å²) in [6, 6.07) is 0. The number of terminal acetylenes is 1. The molecule has 0 saturated heterocycles. The molecule has 0 saturated carbocycles. The molecule has 1 heterocycles. The molecule has 0 fully saturated rings. The fourth-order valence-corrected chi connectivity index (χ4v) is 4.10. The highest BCUT2D eigenvalue weighted by molar-refractivity contribution is 5.76. The number of ether oxygens (including phenoxy) is 1. The zero-order valence-electron chi connectivity index (χ0n) is 23.0. The van der Waals surface area contributed by atoms with Crippen LogP contribution >= 0.6 is 0 Å². The number of hydrogen-bond donors (Lipinski definition) is 0. The van der Waals surface area contributed by atoms with Crippen molar-refractivity contribution < 1.29 is 14.3 Å². The highest BCUT2D eigenvalue weighted by Gasteiger charge is 2.20. The molecule has 0 aliphatic rings. The van der Waals surface area contributed by atoms with E-state index in [9.17, 15) is 9.59 Å². The molecule has 0 radical (unpaired) electrons. The Hall–Kier alpha value is -2.29. The van der Waals surface area contributed by atoms with Gasteiger partial charge >= 0.3 is 6.09 Å². The molecule has 1 aromatic heterocycles. The van der Waals surface area contributed by atoms with Gasteiger partial charge in [0, 0.05) is 19.2 Å². The Morgan fingerprint density at radius 3 is 2.11 bits per heavy atom. The van der Waals surface area contributed by atoms with Crippen molar-refractivity contribution in [2.24, 2.45) is 0 Å². The average molecular weight is 488 g/mol. The van der Waals surface area contributed by atoms with Crippen LogP contribution in [0.4, 0.5) is 4.79 Å². The second-order valence-corrected chi connectivity index (χ2v) is 10.5. The molecule has 0 atom stereocenters. The highest BCUT2D eigenvalue weighted by Crippen LogP contribution is 2.14. The summed E-state index contributed by atoms with van der Waals surface area (Å²) in [5.41, 5.74) is 0.226. The first-order valence-corrected chi connectivity index (χ1v) is 13.7. The number of amides is 1. The van der Waals surface area contributed by atoms with E-state index in [1.54, 1.807) is 18.0 Å². The van der Waals surface area contributed by atoms with Crippen LogP contribution in [0.2, 0.25) is 0 Å². The summed E-state index contributed by atoms with van der Waals surface area (Å²) in [7, 11) is 0. The predicted molar refractivity (Wildman–Crippen MR) is 143 cm³/mol. The van der Waals surface area contributed by atoms with Gasteiger partial charge in [0.2, 0.25) is 5.91 Å². The number of hydrogen-bond acceptors (Lipinski definition) is 4. The van der Waals surface area contributed by atoms with Crippen molar-refractivity contribution >= 4 is 12.0 Å². The normalized spacial score (nSPS) is 11.3. The monoisotopic (exact) mass is 487 g/mol. The van der Waals surface area contributed by atoms with Crippen LogP contribution in [0.15, 0.2) is 6.20 Å². The topological polar surface area (TPSA) is 64.4 Å². The SMILES string of the molecule is C#CCN(CCCCCCCCCCCCC)C(=O)CCCc1cn(C(=O)OC(C)(C)C)c(C)n1. The van der Waals surface area contributed by atoms with Crippen LogP contribution in [0.5, 0.6) is 0 Å².